The number of nitrogens with one attached hydrogen (secondary N) is 1. The summed E-state index contributed by atoms with van der Waals surface area (Å²) >= 11 is 0. The van der Waals surface area contributed by atoms with Gasteiger partial charge in [-0.2, -0.15) is 0 Å². The van der Waals surface area contributed by atoms with E-state index in [4.69, 9.17) is 0 Å². The lowest BCUT2D eigenvalue weighted by atomic mass is 10.1. The summed E-state index contributed by atoms with van der Waals surface area (Å²) in [6.07, 6.45) is 4.97. The van der Waals surface area contributed by atoms with Crippen molar-refractivity contribution in [2.45, 2.75) is 60.0 Å². The van der Waals surface area contributed by atoms with Gasteiger partial charge in [-0.1, -0.05) is 20.3 Å². The predicted molar refractivity (Wildman–Crippen MR) is 86.0 cm³/mol. The van der Waals surface area contributed by atoms with Crippen LogP contribution in [-0.2, 0) is 6.54 Å². The number of aromatic nitrogens is 2. The van der Waals surface area contributed by atoms with Gasteiger partial charge in [-0.05, 0) is 33.6 Å². The molecular weight excluding hydrogens is 248 g/mol. The topological polar surface area (TPSA) is 41.1 Å². The number of anilines is 1. The van der Waals surface area contributed by atoms with Crippen LogP contribution in [0.2, 0.25) is 0 Å². The highest BCUT2D eigenvalue weighted by atomic mass is 15.2. The van der Waals surface area contributed by atoms with E-state index in [0.29, 0.717) is 5.92 Å². The van der Waals surface area contributed by atoms with Gasteiger partial charge in [0.25, 0.3) is 0 Å². The van der Waals surface area contributed by atoms with Gasteiger partial charge in [0, 0.05) is 25.2 Å². The molecule has 1 N–H and O–H groups in total. The van der Waals surface area contributed by atoms with Crippen molar-refractivity contribution in [2.75, 3.05) is 18.0 Å². The maximum atomic E-state index is 4.56. The summed E-state index contributed by atoms with van der Waals surface area (Å²) in [4.78, 5) is 11.4. The second kappa shape index (κ2) is 7.58. The van der Waals surface area contributed by atoms with Crippen LogP contribution in [0.25, 0.3) is 0 Å². The Bertz CT molecular complexity index is 380. The molecule has 0 saturated heterocycles. The molecule has 1 aromatic rings. The van der Waals surface area contributed by atoms with E-state index in [2.05, 4.69) is 61.7 Å². The Morgan fingerprint density at radius 1 is 1.20 bits per heavy atom. The SMILES string of the molecule is CCC(C)CN(CC)c1cnc(CNC(C)(C)C)cn1. The molecule has 0 saturated carbocycles. The third kappa shape index (κ3) is 5.87. The van der Waals surface area contributed by atoms with Gasteiger partial charge in [-0.15, -0.1) is 0 Å². The second-order valence-electron chi connectivity index (χ2n) is 6.52. The summed E-state index contributed by atoms with van der Waals surface area (Å²) in [5, 5.41) is 3.43. The molecule has 4 heteroatoms. The van der Waals surface area contributed by atoms with Crippen LogP contribution in [0.1, 0.15) is 53.7 Å². The van der Waals surface area contributed by atoms with E-state index in [0.717, 1.165) is 31.1 Å². The van der Waals surface area contributed by atoms with E-state index >= 15 is 0 Å². The number of hydrogen-bond acceptors (Lipinski definition) is 4. The molecule has 4 nitrogen and oxygen atoms in total. The first kappa shape index (κ1) is 16.9. The molecule has 0 spiro atoms. The summed E-state index contributed by atoms with van der Waals surface area (Å²) in [5.74, 6) is 1.66. The van der Waals surface area contributed by atoms with Crippen LogP contribution in [0.4, 0.5) is 5.82 Å². The van der Waals surface area contributed by atoms with Gasteiger partial charge >= 0.3 is 0 Å². The molecule has 1 heterocycles. The van der Waals surface area contributed by atoms with Crippen LogP contribution < -0.4 is 10.2 Å². The van der Waals surface area contributed by atoms with Gasteiger partial charge in [0.2, 0.25) is 0 Å². The van der Waals surface area contributed by atoms with Gasteiger partial charge in [0.05, 0.1) is 18.1 Å². The summed E-state index contributed by atoms with van der Waals surface area (Å²) in [6.45, 7) is 15.9. The predicted octanol–water partition coefficient (Wildman–Crippen LogP) is 3.24. The highest BCUT2D eigenvalue weighted by molar-refractivity contribution is 5.35. The molecule has 0 aliphatic rings. The Morgan fingerprint density at radius 3 is 2.35 bits per heavy atom. The molecule has 114 valence electrons. The highest BCUT2D eigenvalue weighted by Crippen LogP contribution is 2.13. The van der Waals surface area contributed by atoms with E-state index in [-0.39, 0.29) is 5.54 Å². The van der Waals surface area contributed by atoms with E-state index in [1.165, 1.54) is 6.42 Å². The van der Waals surface area contributed by atoms with Gasteiger partial charge < -0.3 is 10.2 Å². The van der Waals surface area contributed by atoms with Crippen molar-refractivity contribution in [3.8, 4) is 0 Å². The normalized spacial score (nSPS) is 13.3. The Hall–Kier alpha value is -1.16. The van der Waals surface area contributed by atoms with E-state index in [1.54, 1.807) is 0 Å². The van der Waals surface area contributed by atoms with Crippen LogP contribution in [0.15, 0.2) is 12.4 Å². The monoisotopic (exact) mass is 278 g/mol. The third-order valence-corrected chi connectivity index (χ3v) is 3.43. The molecule has 1 atom stereocenters. The summed E-state index contributed by atoms with van der Waals surface area (Å²) in [5.41, 5.74) is 1.09. The van der Waals surface area contributed by atoms with Crippen molar-refractivity contribution in [2.24, 2.45) is 5.92 Å². The minimum absolute atomic E-state index is 0.104. The van der Waals surface area contributed by atoms with Crippen LogP contribution in [0.3, 0.4) is 0 Å². The van der Waals surface area contributed by atoms with Crippen molar-refractivity contribution < 1.29 is 0 Å². The first-order valence-corrected chi connectivity index (χ1v) is 7.66. The fourth-order valence-corrected chi connectivity index (χ4v) is 1.85. The van der Waals surface area contributed by atoms with Crippen LogP contribution in [0.5, 0.6) is 0 Å². The maximum absolute atomic E-state index is 4.56. The quantitative estimate of drug-likeness (QED) is 0.831. The van der Waals surface area contributed by atoms with Crippen molar-refractivity contribution in [1.29, 1.82) is 0 Å². The average Bonchev–Trinajstić information content (AvgIpc) is 2.42. The standard InChI is InChI=1S/C16H30N4/c1-7-13(3)12-20(8-2)15-11-17-14(9-18-15)10-19-16(4,5)6/h9,11,13,19H,7-8,10,12H2,1-6H3. The minimum Gasteiger partial charge on any atom is -0.355 e. The van der Waals surface area contributed by atoms with Crippen molar-refractivity contribution in [1.82, 2.24) is 15.3 Å². The zero-order valence-electron chi connectivity index (χ0n) is 13.9. The van der Waals surface area contributed by atoms with Crippen LogP contribution in [-0.4, -0.2) is 28.6 Å². The minimum atomic E-state index is 0.104. The molecule has 0 amide bonds. The van der Waals surface area contributed by atoms with Gasteiger partial charge in [-0.3, -0.25) is 4.98 Å². The largest absolute Gasteiger partial charge is 0.355 e. The number of nitrogens with zero attached hydrogens (tertiary/aromatic N) is 3. The molecule has 0 bridgehead atoms. The zero-order valence-corrected chi connectivity index (χ0v) is 13.9. The summed E-state index contributed by atoms with van der Waals surface area (Å²) in [6, 6.07) is 0. The smallest absolute Gasteiger partial charge is 0.147 e. The molecule has 0 fully saturated rings. The van der Waals surface area contributed by atoms with E-state index in [1.807, 2.05) is 12.4 Å². The molecule has 1 rings (SSSR count). The van der Waals surface area contributed by atoms with Gasteiger partial charge in [-0.25, -0.2) is 4.98 Å². The van der Waals surface area contributed by atoms with Crippen molar-refractivity contribution in [3.05, 3.63) is 18.1 Å². The molecule has 1 unspecified atom stereocenters. The number of hydrogen-bond donors (Lipinski definition) is 1. The van der Waals surface area contributed by atoms with Crippen LogP contribution >= 0.6 is 0 Å². The third-order valence-electron chi connectivity index (χ3n) is 3.43. The summed E-state index contributed by atoms with van der Waals surface area (Å²) < 4.78 is 0. The molecule has 0 aromatic carbocycles. The number of rotatable bonds is 7. The fraction of sp³-hybridized carbons (Fsp3) is 0.750. The lowest BCUT2D eigenvalue weighted by Gasteiger charge is -2.25. The van der Waals surface area contributed by atoms with Crippen LogP contribution in [0, 0.1) is 5.92 Å². The Morgan fingerprint density at radius 2 is 1.90 bits per heavy atom. The fourth-order valence-electron chi connectivity index (χ4n) is 1.85. The molecular formula is C16H30N4. The Kier molecular flexibility index (Phi) is 6.40. The van der Waals surface area contributed by atoms with Gasteiger partial charge in [0.15, 0.2) is 0 Å². The lowest BCUT2D eigenvalue weighted by Crippen LogP contribution is -2.35. The Balaban J connectivity index is 2.64. The first-order chi connectivity index (χ1) is 9.35. The van der Waals surface area contributed by atoms with Gasteiger partial charge in [0.1, 0.15) is 5.82 Å². The molecule has 0 radical (unpaired) electrons. The Labute approximate surface area is 124 Å². The molecule has 20 heavy (non-hydrogen) atoms. The molecule has 1 aromatic heterocycles. The molecule has 0 aliphatic carbocycles. The maximum Gasteiger partial charge on any atom is 0.147 e. The van der Waals surface area contributed by atoms with Crippen molar-refractivity contribution in [3.63, 3.8) is 0 Å². The van der Waals surface area contributed by atoms with Crippen molar-refractivity contribution >= 4 is 5.82 Å². The van der Waals surface area contributed by atoms with E-state index < -0.39 is 0 Å². The molecule has 0 aliphatic heterocycles. The average molecular weight is 278 g/mol. The van der Waals surface area contributed by atoms with E-state index in [9.17, 15) is 0 Å². The zero-order chi connectivity index (χ0) is 15.2. The highest BCUT2D eigenvalue weighted by Gasteiger charge is 2.11. The summed E-state index contributed by atoms with van der Waals surface area (Å²) in [7, 11) is 0. The second-order valence-corrected chi connectivity index (χ2v) is 6.52. The lowest BCUT2D eigenvalue weighted by molar-refractivity contribution is 0.421. The first-order valence-electron chi connectivity index (χ1n) is 7.66.